The van der Waals surface area contributed by atoms with Crippen molar-refractivity contribution in [3.05, 3.63) is 54.1 Å². The van der Waals surface area contributed by atoms with Crippen molar-refractivity contribution < 1.29 is 22.7 Å². The van der Waals surface area contributed by atoms with Gasteiger partial charge in [0.05, 0.1) is 23.8 Å². The van der Waals surface area contributed by atoms with E-state index in [1.54, 1.807) is 50.2 Å². The quantitative estimate of drug-likeness (QED) is 0.693. The van der Waals surface area contributed by atoms with Crippen LogP contribution in [0.2, 0.25) is 0 Å². The number of anilines is 1. The molecule has 6 nitrogen and oxygen atoms in total. The second-order valence-electron chi connectivity index (χ2n) is 6.06. The molecule has 2 rings (SSSR count). The zero-order chi connectivity index (χ0) is 19.3. The zero-order valence-electron chi connectivity index (χ0n) is 15.3. The summed E-state index contributed by atoms with van der Waals surface area (Å²) in [5, 5.41) is 0. The molecule has 0 unspecified atom stereocenters. The minimum Gasteiger partial charge on any atom is -0.497 e. The molecule has 0 saturated heterocycles. The number of hydrogen-bond donors (Lipinski definition) is 0. The Morgan fingerprint density at radius 3 is 2.12 bits per heavy atom. The Bertz CT molecular complexity index is 843. The standard InChI is InChI=1S/C19H23NO5S/c1-14(2)25-19(21)13-20(16-7-9-17(24-4)10-8-16)26(22,23)18-11-5-15(3)6-12-18/h5-12,14H,13H2,1-4H3. The Hall–Kier alpha value is -2.54. The number of methoxy groups -OCH3 is 1. The van der Waals surface area contributed by atoms with Crippen LogP contribution in [0.4, 0.5) is 5.69 Å². The third-order valence-corrected chi connectivity index (χ3v) is 5.40. The number of rotatable bonds is 7. The number of aryl methyl sites for hydroxylation is 1. The van der Waals surface area contributed by atoms with Gasteiger partial charge in [0, 0.05) is 0 Å². The Balaban J connectivity index is 2.44. The van der Waals surface area contributed by atoms with Gasteiger partial charge in [0.1, 0.15) is 12.3 Å². The van der Waals surface area contributed by atoms with Crippen molar-refractivity contribution in [2.75, 3.05) is 18.0 Å². The van der Waals surface area contributed by atoms with E-state index in [4.69, 9.17) is 9.47 Å². The third kappa shape index (κ3) is 4.76. The van der Waals surface area contributed by atoms with Crippen LogP contribution < -0.4 is 9.04 Å². The fourth-order valence-electron chi connectivity index (χ4n) is 2.32. The highest BCUT2D eigenvalue weighted by atomic mass is 32.2. The maximum absolute atomic E-state index is 13.1. The van der Waals surface area contributed by atoms with Gasteiger partial charge < -0.3 is 9.47 Å². The van der Waals surface area contributed by atoms with Crippen LogP contribution in [0, 0.1) is 6.92 Å². The summed E-state index contributed by atoms with van der Waals surface area (Å²) in [6.45, 7) is 4.88. The summed E-state index contributed by atoms with van der Waals surface area (Å²) in [5.41, 5.74) is 1.30. The molecule has 0 aromatic heterocycles. The number of hydrogen-bond acceptors (Lipinski definition) is 5. The van der Waals surface area contributed by atoms with E-state index >= 15 is 0 Å². The number of benzene rings is 2. The van der Waals surface area contributed by atoms with E-state index in [-0.39, 0.29) is 11.0 Å². The van der Waals surface area contributed by atoms with Crippen molar-refractivity contribution >= 4 is 21.7 Å². The lowest BCUT2D eigenvalue weighted by molar-refractivity contribution is -0.145. The lowest BCUT2D eigenvalue weighted by Gasteiger charge is -2.24. The van der Waals surface area contributed by atoms with E-state index in [9.17, 15) is 13.2 Å². The predicted molar refractivity (Wildman–Crippen MR) is 99.9 cm³/mol. The molecule has 0 aliphatic heterocycles. The largest absolute Gasteiger partial charge is 0.497 e. The van der Waals surface area contributed by atoms with E-state index in [1.807, 2.05) is 6.92 Å². The van der Waals surface area contributed by atoms with Crippen LogP contribution in [0.25, 0.3) is 0 Å². The number of carbonyl (C=O) groups is 1. The molecule has 7 heteroatoms. The van der Waals surface area contributed by atoms with Crippen LogP contribution in [-0.4, -0.2) is 34.1 Å². The minimum atomic E-state index is -3.93. The summed E-state index contributed by atoms with van der Waals surface area (Å²) in [5.74, 6) is -0.0299. The van der Waals surface area contributed by atoms with E-state index in [2.05, 4.69) is 0 Å². The van der Waals surface area contributed by atoms with Gasteiger partial charge in [0.25, 0.3) is 10.0 Å². The third-order valence-electron chi connectivity index (χ3n) is 3.61. The van der Waals surface area contributed by atoms with Gasteiger partial charge in [0.15, 0.2) is 0 Å². The van der Waals surface area contributed by atoms with Crippen LogP contribution in [-0.2, 0) is 19.6 Å². The van der Waals surface area contributed by atoms with Crippen LogP contribution in [0.15, 0.2) is 53.4 Å². The van der Waals surface area contributed by atoms with Crippen molar-refractivity contribution in [2.45, 2.75) is 31.8 Å². The second-order valence-corrected chi connectivity index (χ2v) is 7.92. The van der Waals surface area contributed by atoms with E-state index in [0.717, 1.165) is 9.87 Å². The molecule has 0 N–H and O–H groups in total. The number of esters is 1. The van der Waals surface area contributed by atoms with Gasteiger partial charge in [-0.2, -0.15) is 0 Å². The van der Waals surface area contributed by atoms with Gasteiger partial charge >= 0.3 is 5.97 Å². The number of carbonyl (C=O) groups excluding carboxylic acids is 1. The lowest BCUT2D eigenvalue weighted by atomic mass is 10.2. The molecule has 26 heavy (non-hydrogen) atoms. The van der Waals surface area contributed by atoms with Crippen molar-refractivity contribution in [1.29, 1.82) is 0 Å². The van der Waals surface area contributed by atoms with Crippen LogP contribution in [0.1, 0.15) is 19.4 Å². The normalized spacial score (nSPS) is 11.3. The summed E-state index contributed by atoms with van der Waals surface area (Å²) in [4.78, 5) is 12.2. The Labute approximate surface area is 154 Å². The lowest BCUT2D eigenvalue weighted by Crippen LogP contribution is -2.37. The minimum absolute atomic E-state index is 0.108. The molecule has 0 radical (unpaired) electrons. The van der Waals surface area contributed by atoms with Gasteiger partial charge in [-0.05, 0) is 57.2 Å². The summed E-state index contributed by atoms with van der Waals surface area (Å²) in [7, 11) is -2.41. The summed E-state index contributed by atoms with van der Waals surface area (Å²) in [6.07, 6.45) is -0.331. The average molecular weight is 377 g/mol. The first-order valence-electron chi connectivity index (χ1n) is 8.17. The molecule has 0 saturated carbocycles. The zero-order valence-corrected chi connectivity index (χ0v) is 16.1. The average Bonchev–Trinajstić information content (AvgIpc) is 2.59. The molecule has 2 aromatic rings. The molecule has 0 spiro atoms. The highest BCUT2D eigenvalue weighted by Crippen LogP contribution is 2.26. The van der Waals surface area contributed by atoms with E-state index < -0.39 is 22.5 Å². The summed E-state index contributed by atoms with van der Waals surface area (Å²) in [6, 6.07) is 12.9. The maximum Gasteiger partial charge on any atom is 0.327 e. The van der Waals surface area contributed by atoms with Crippen LogP contribution in [0.3, 0.4) is 0 Å². The molecule has 0 fully saturated rings. The second kappa shape index (κ2) is 8.23. The molecule has 0 aliphatic rings. The first-order chi connectivity index (χ1) is 12.2. The molecule has 0 amide bonds. The molecular weight excluding hydrogens is 354 g/mol. The SMILES string of the molecule is COc1ccc(N(CC(=O)OC(C)C)S(=O)(=O)c2ccc(C)cc2)cc1. The van der Waals surface area contributed by atoms with Crippen molar-refractivity contribution in [3.8, 4) is 5.75 Å². The molecule has 140 valence electrons. The van der Waals surface area contributed by atoms with Crippen molar-refractivity contribution in [1.82, 2.24) is 0 Å². The van der Waals surface area contributed by atoms with E-state index in [0.29, 0.717) is 11.4 Å². The monoisotopic (exact) mass is 377 g/mol. The predicted octanol–water partition coefficient (Wildman–Crippen LogP) is 3.15. The Morgan fingerprint density at radius 1 is 1.04 bits per heavy atom. The fourth-order valence-corrected chi connectivity index (χ4v) is 3.73. The van der Waals surface area contributed by atoms with Gasteiger partial charge in [-0.25, -0.2) is 8.42 Å². The molecule has 0 bridgehead atoms. The highest BCUT2D eigenvalue weighted by molar-refractivity contribution is 7.92. The fraction of sp³-hybridized carbons (Fsp3) is 0.316. The van der Waals surface area contributed by atoms with Gasteiger partial charge in [-0.1, -0.05) is 17.7 Å². The molecule has 2 aromatic carbocycles. The topological polar surface area (TPSA) is 72.9 Å². The number of nitrogens with zero attached hydrogens (tertiary/aromatic N) is 1. The molecule has 0 aliphatic carbocycles. The Morgan fingerprint density at radius 2 is 1.62 bits per heavy atom. The first kappa shape index (κ1) is 19.8. The smallest absolute Gasteiger partial charge is 0.327 e. The molecule has 0 heterocycles. The first-order valence-corrected chi connectivity index (χ1v) is 9.61. The van der Waals surface area contributed by atoms with E-state index in [1.165, 1.54) is 19.2 Å². The summed E-state index contributed by atoms with van der Waals surface area (Å²) < 4.78 is 37.5. The van der Waals surface area contributed by atoms with Crippen molar-refractivity contribution in [3.63, 3.8) is 0 Å². The molecule has 0 atom stereocenters. The number of ether oxygens (including phenoxy) is 2. The van der Waals surface area contributed by atoms with Gasteiger partial charge in [0.2, 0.25) is 0 Å². The van der Waals surface area contributed by atoms with Crippen molar-refractivity contribution in [2.24, 2.45) is 0 Å². The maximum atomic E-state index is 13.1. The molecular formula is C19H23NO5S. The van der Waals surface area contributed by atoms with Gasteiger partial charge in [-0.3, -0.25) is 9.10 Å². The van der Waals surface area contributed by atoms with Gasteiger partial charge in [-0.15, -0.1) is 0 Å². The van der Waals surface area contributed by atoms with Crippen LogP contribution >= 0.6 is 0 Å². The summed E-state index contributed by atoms with van der Waals surface area (Å²) >= 11 is 0. The van der Waals surface area contributed by atoms with Crippen LogP contribution in [0.5, 0.6) is 5.75 Å². The number of sulfonamides is 1. The highest BCUT2D eigenvalue weighted by Gasteiger charge is 2.28. The Kier molecular flexibility index (Phi) is 6.26.